The SMILES string of the molecule is Cc1[nH]c2c(C#N)cc(F)c(N3CCCC(NC(=O)OC(C)(C)C)C3)c2c1C. The molecule has 1 atom stereocenters. The number of aromatic amines is 1. The zero-order valence-corrected chi connectivity index (χ0v) is 17.1. The second-order valence-corrected chi connectivity index (χ2v) is 8.42. The molecule has 7 heteroatoms. The molecule has 1 aromatic heterocycles. The minimum atomic E-state index is -0.566. The monoisotopic (exact) mass is 386 g/mol. The molecule has 150 valence electrons. The van der Waals surface area contributed by atoms with Crippen molar-refractivity contribution in [3.63, 3.8) is 0 Å². The van der Waals surface area contributed by atoms with Crippen molar-refractivity contribution < 1.29 is 13.9 Å². The first-order valence-corrected chi connectivity index (χ1v) is 9.56. The summed E-state index contributed by atoms with van der Waals surface area (Å²) in [4.78, 5) is 17.3. The van der Waals surface area contributed by atoms with Crippen molar-refractivity contribution in [1.82, 2.24) is 10.3 Å². The number of nitriles is 1. The van der Waals surface area contributed by atoms with Crippen LogP contribution in [0.5, 0.6) is 0 Å². The molecule has 1 unspecified atom stereocenters. The minimum Gasteiger partial charge on any atom is -0.444 e. The molecule has 1 saturated heterocycles. The average Bonchev–Trinajstić information content (AvgIpc) is 2.88. The molecule has 2 heterocycles. The lowest BCUT2D eigenvalue weighted by Gasteiger charge is -2.35. The van der Waals surface area contributed by atoms with Gasteiger partial charge in [0.1, 0.15) is 17.5 Å². The molecule has 0 aliphatic carbocycles. The van der Waals surface area contributed by atoms with E-state index in [9.17, 15) is 10.1 Å². The molecule has 6 nitrogen and oxygen atoms in total. The number of carbonyl (C=O) groups excluding carboxylic acids is 1. The number of alkyl carbamates (subject to hydrolysis) is 1. The van der Waals surface area contributed by atoms with Crippen LogP contribution in [-0.2, 0) is 4.74 Å². The van der Waals surface area contributed by atoms with E-state index in [1.165, 1.54) is 6.07 Å². The summed E-state index contributed by atoms with van der Waals surface area (Å²) in [6, 6.07) is 3.23. The number of nitrogens with zero attached hydrogens (tertiary/aromatic N) is 2. The molecular weight excluding hydrogens is 359 g/mol. The van der Waals surface area contributed by atoms with E-state index in [0.717, 1.165) is 29.5 Å². The summed E-state index contributed by atoms with van der Waals surface area (Å²) in [6.07, 6.45) is 1.17. The third kappa shape index (κ3) is 3.91. The molecular formula is C21H27FN4O2. The van der Waals surface area contributed by atoms with E-state index in [1.54, 1.807) is 0 Å². The fraction of sp³-hybridized carbons (Fsp3) is 0.524. The van der Waals surface area contributed by atoms with Crippen molar-refractivity contribution in [2.75, 3.05) is 18.0 Å². The molecule has 0 saturated carbocycles. The van der Waals surface area contributed by atoms with Crippen molar-refractivity contribution in [2.45, 2.75) is 59.1 Å². The molecule has 28 heavy (non-hydrogen) atoms. The lowest BCUT2D eigenvalue weighted by Crippen LogP contribution is -2.49. The molecule has 0 radical (unpaired) electrons. The van der Waals surface area contributed by atoms with Crippen LogP contribution in [0, 0.1) is 31.0 Å². The summed E-state index contributed by atoms with van der Waals surface area (Å²) in [5, 5.41) is 13.0. The maximum Gasteiger partial charge on any atom is 0.407 e. The summed E-state index contributed by atoms with van der Waals surface area (Å²) in [7, 11) is 0. The van der Waals surface area contributed by atoms with Gasteiger partial charge in [0.05, 0.1) is 16.8 Å². The lowest BCUT2D eigenvalue weighted by atomic mass is 10.0. The van der Waals surface area contributed by atoms with Crippen LogP contribution in [0.3, 0.4) is 0 Å². The molecule has 2 N–H and O–H groups in total. The summed E-state index contributed by atoms with van der Waals surface area (Å²) < 4.78 is 20.4. The first-order valence-electron chi connectivity index (χ1n) is 9.56. The van der Waals surface area contributed by atoms with Gasteiger partial charge in [-0.25, -0.2) is 9.18 Å². The largest absolute Gasteiger partial charge is 0.444 e. The van der Waals surface area contributed by atoms with Gasteiger partial charge in [0.2, 0.25) is 0 Å². The second kappa shape index (κ2) is 7.34. The van der Waals surface area contributed by atoms with Gasteiger partial charge in [0, 0.05) is 30.2 Å². The Morgan fingerprint density at radius 2 is 2.14 bits per heavy atom. The van der Waals surface area contributed by atoms with Crippen LogP contribution in [0.15, 0.2) is 6.07 Å². The number of hydrogen-bond acceptors (Lipinski definition) is 4. The fourth-order valence-corrected chi connectivity index (χ4v) is 3.77. The second-order valence-electron chi connectivity index (χ2n) is 8.42. The number of nitrogens with one attached hydrogen (secondary N) is 2. The molecule has 1 aliphatic rings. The van der Waals surface area contributed by atoms with E-state index >= 15 is 4.39 Å². The van der Waals surface area contributed by atoms with Crippen molar-refractivity contribution in [3.05, 3.63) is 28.7 Å². The number of carbonyl (C=O) groups is 1. The molecule has 3 rings (SSSR count). The highest BCUT2D eigenvalue weighted by molar-refractivity contribution is 5.99. The number of fused-ring (bicyclic) bond motifs is 1. The maximum absolute atomic E-state index is 15.0. The Hall–Kier alpha value is -2.75. The zero-order chi connectivity index (χ0) is 20.6. The highest BCUT2D eigenvalue weighted by Gasteiger charge is 2.28. The normalized spacial score (nSPS) is 17.5. The van der Waals surface area contributed by atoms with Gasteiger partial charge in [-0.1, -0.05) is 0 Å². The highest BCUT2D eigenvalue weighted by Crippen LogP contribution is 2.37. The van der Waals surface area contributed by atoms with Crippen LogP contribution in [-0.4, -0.2) is 35.8 Å². The van der Waals surface area contributed by atoms with Crippen LogP contribution in [0.4, 0.5) is 14.9 Å². The Kier molecular flexibility index (Phi) is 5.24. The van der Waals surface area contributed by atoms with Gasteiger partial charge in [-0.15, -0.1) is 0 Å². The number of anilines is 1. The number of hydrogen-bond donors (Lipinski definition) is 2. The number of H-pyrrole nitrogens is 1. The predicted molar refractivity (Wildman–Crippen MR) is 107 cm³/mol. The van der Waals surface area contributed by atoms with Gasteiger partial charge in [-0.3, -0.25) is 0 Å². The van der Waals surface area contributed by atoms with E-state index in [2.05, 4.69) is 16.4 Å². The number of ether oxygens (including phenoxy) is 1. The van der Waals surface area contributed by atoms with Crippen molar-refractivity contribution in [1.29, 1.82) is 5.26 Å². The molecule has 2 aromatic rings. The molecule has 0 spiro atoms. The van der Waals surface area contributed by atoms with Crippen LogP contribution in [0.25, 0.3) is 10.9 Å². The minimum absolute atomic E-state index is 0.131. The van der Waals surface area contributed by atoms with E-state index < -0.39 is 17.5 Å². The van der Waals surface area contributed by atoms with Gasteiger partial charge >= 0.3 is 6.09 Å². The third-order valence-corrected chi connectivity index (χ3v) is 5.08. The van der Waals surface area contributed by atoms with E-state index in [1.807, 2.05) is 39.5 Å². The van der Waals surface area contributed by atoms with Gasteiger partial charge in [-0.2, -0.15) is 5.26 Å². The van der Waals surface area contributed by atoms with Crippen molar-refractivity contribution in [3.8, 4) is 6.07 Å². The van der Waals surface area contributed by atoms with Crippen molar-refractivity contribution in [2.24, 2.45) is 0 Å². The Morgan fingerprint density at radius 1 is 1.43 bits per heavy atom. The molecule has 1 fully saturated rings. The van der Waals surface area contributed by atoms with E-state index in [0.29, 0.717) is 29.9 Å². The summed E-state index contributed by atoms with van der Waals surface area (Å²) >= 11 is 0. The molecule has 1 aliphatic heterocycles. The van der Waals surface area contributed by atoms with Gasteiger partial charge in [0.25, 0.3) is 0 Å². The maximum atomic E-state index is 15.0. The third-order valence-electron chi connectivity index (χ3n) is 5.08. The number of halogens is 1. The number of benzene rings is 1. The smallest absolute Gasteiger partial charge is 0.407 e. The van der Waals surface area contributed by atoms with E-state index in [4.69, 9.17) is 4.74 Å². The van der Waals surface area contributed by atoms with Crippen molar-refractivity contribution >= 4 is 22.7 Å². The number of rotatable bonds is 2. The Labute approximate surface area is 164 Å². The zero-order valence-electron chi connectivity index (χ0n) is 17.1. The molecule has 0 bridgehead atoms. The summed E-state index contributed by atoms with van der Waals surface area (Å²) in [6.45, 7) is 10.5. The lowest BCUT2D eigenvalue weighted by molar-refractivity contribution is 0.0500. The van der Waals surface area contributed by atoms with Gasteiger partial charge in [0.15, 0.2) is 0 Å². The Bertz CT molecular complexity index is 952. The number of aromatic nitrogens is 1. The molecule has 1 amide bonds. The Morgan fingerprint density at radius 3 is 2.79 bits per heavy atom. The van der Waals surface area contributed by atoms with Crippen LogP contribution < -0.4 is 10.2 Å². The number of amides is 1. The first kappa shape index (κ1) is 20.0. The summed E-state index contributed by atoms with van der Waals surface area (Å²) in [5.41, 5.74) is 2.74. The standard InChI is InChI=1S/C21H27FN4O2/c1-12-13(2)24-18-14(10-23)9-16(22)19(17(12)18)26-8-6-7-15(11-26)25-20(27)28-21(3,4)5/h9,15,24H,6-8,11H2,1-5H3,(H,25,27). The van der Waals surface area contributed by atoms with Crippen LogP contribution >= 0.6 is 0 Å². The van der Waals surface area contributed by atoms with Gasteiger partial charge < -0.3 is 19.9 Å². The highest BCUT2D eigenvalue weighted by atomic mass is 19.1. The van der Waals surface area contributed by atoms with Crippen LogP contribution in [0.1, 0.15) is 50.4 Å². The number of piperidine rings is 1. The Balaban J connectivity index is 1.91. The van der Waals surface area contributed by atoms with Gasteiger partial charge in [-0.05, 0) is 59.1 Å². The van der Waals surface area contributed by atoms with E-state index in [-0.39, 0.29) is 6.04 Å². The van der Waals surface area contributed by atoms with Crippen LogP contribution in [0.2, 0.25) is 0 Å². The summed E-state index contributed by atoms with van der Waals surface area (Å²) in [5.74, 6) is -0.413. The fourth-order valence-electron chi connectivity index (χ4n) is 3.77. The molecule has 1 aromatic carbocycles. The topological polar surface area (TPSA) is 81.2 Å². The number of aryl methyl sites for hydroxylation is 2. The quantitative estimate of drug-likeness (QED) is 0.807. The average molecular weight is 386 g/mol. The predicted octanol–water partition coefficient (Wildman–Crippen LogP) is 4.29. The first-order chi connectivity index (χ1) is 13.1.